The minimum absolute atomic E-state index is 0.0485. The van der Waals surface area contributed by atoms with Crippen molar-refractivity contribution in [2.24, 2.45) is 5.92 Å². The zero-order valence-electron chi connectivity index (χ0n) is 28.3. The Bertz CT molecular complexity index is 1470. The number of carbonyl (C=O) groups is 2. The summed E-state index contributed by atoms with van der Waals surface area (Å²) >= 11 is 0. The Morgan fingerprint density at radius 3 is 2.40 bits per heavy atom. The van der Waals surface area contributed by atoms with Crippen molar-refractivity contribution in [1.82, 2.24) is 29.8 Å². The van der Waals surface area contributed by atoms with Gasteiger partial charge in [0.1, 0.15) is 24.4 Å². The number of amides is 2. The zero-order chi connectivity index (χ0) is 32.9. The van der Waals surface area contributed by atoms with Gasteiger partial charge in [-0.3, -0.25) is 14.5 Å². The molecule has 1 saturated carbocycles. The molecule has 0 spiro atoms. The molecule has 2 saturated heterocycles. The lowest BCUT2D eigenvalue weighted by atomic mass is 9.91. The van der Waals surface area contributed by atoms with Gasteiger partial charge < -0.3 is 28.8 Å². The molecule has 2 aromatic heterocycles. The number of hydrogen-bond donors (Lipinski definition) is 1. The fraction of sp³-hybridized carbons (Fsp3) is 0.611. The fourth-order valence-electron chi connectivity index (χ4n) is 7.00. The molecule has 6 rings (SSSR count). The van der Waals surface area contributed by atoms with Crippen LogP contribution < -0.4 is 10.1 Å². The molecule has 2 aliphatic heterocycles. The average molecular weight is 647 g/mol. The number of likely N-dealkylation sites (tertiary alicyclic amines) is 2. The number of aromatic nitrogens is 3. The summed E-state index contributed by atoms with van der Waals surface area (Å²) in [4.78, 5) is 35.9. The summed E-state index contributed by atoms with van der Waals surface area (Å²) in [6.45, 7) is 11.8. The second-order valence-electron chi connectivity index (χ2n) is 13.7. The monoisotopic (exact) mass is 646 g/mol. The smallest absolute Gasteiger partial charge is 0.254 e. The van der Waals surface area contributed by atoms with Crippen molar-refractivity contribution >= 4 is 11.8 Å². The van der Waals surface area contributed by atoms with Crippen LogP contribution in [0.1, 0.15) is 94.8 Å². The molecule has 1 aliphatic carbocycles. The standard InChI is InChI=1S/C36H50N6O5/c1-24(2)34(32-23-33(39-47-32)45-22-21-40-18-14-30(15-19-40)46-29-7-5-8-29)36(44)42-17-6-9-31(42)35(43)38-25(3)27-10-12-28(13-11-27)41-20-16-37-26(41)4/h10-13,16,20,23-25,29-31,34H,5-9,14-15,17-19,21-22H2,1-4H3,(H,38,43). The van der Waals surface area contributed by atoms with Crippen LogP contribution in [0.25, 0.3) is 5.69 Å². The number of nitrogens with one attached hydrogen (secondary N) is 1. The summed E-state index contributed by atoms with van der Waals surface area (Å²) < 4.78 is 19.8. The molecule has 2 amide bonds. The quantitative estimate of drug-likeness (QED) is 0.270. The maximum Gasteiger partial charge on any atom is 0.254 e. The highest BCUT2D eigenvalue weighted by Gasteiger charge is 2.40. The van der Waals surface area contributed by atoms with Gasteiger partial charge in [-0.05, 0) is 87.6 Å². The number of nitrogens with zero attached hydrogens (tertiary/aromatic N) is 5. The molecule has 0 radical (unpaired) electrons. The Hall–Kier alpha value is -3.70. The molecule has 3 aliphatic rings. The lowest BCUT2D eigenvalue weighted by Gasteiger charge is -2.36. The topological polar surface area (TPSA) is 115 Å². The summed E-state index contributed by atoms with van der Waals surface area (Å²) in [5.41, 5.74) is 2.01. The Labute approximate surface area is 278 Å². The van der Waals surface area contributed by atoms with Crippen molar-refractivity contribution in [2.75, 3.05) is 32.8 Å². The van der Waals surface area contributed by atoms with Crippen LogP contribution in [0.3, 0.4) is 0 Å². The molecule has 1 aromatic carbocycles. The molecule has 11 nitrogen and oxygen atoms in total. The molecule has 3 fully saturated rings. The van der Waals surface area contributed by atoms with Gasteiger partial charge in [0.15, 0.2) is 5.76 Å². The van der Waals surface area contributed by atoms with E-state index in [9.17, 15) is 9.59 Å². The van der Waals surface area contributed by atoms with Gasteiger partial charge >= 0.3 is 0 Å². The van der Waals surface area contributed by atoms with Crippen LogP contribution in [0.2, 0.25) is 0 Å². The van der Waals surface area contributed by atoms with Crippen LogP contribution in [0.5, 0.6) is 5.88 Å². The molecule has 3 aromatic rings. The van der Waals surface area contributed by atoms with Crippen LogP contribution in [-0.2, 0) is 14.3 Å². The van der Waals surface area contributed by atoms with Crippen LogP contribution >= 0.6 is 0 Å². The number of rotatable bonds is 13. The van der Waals surface area contributed by atoms with Crippen molar-refractivity contribution in [3.8, 4) is 11.6 Å². The summed E-state index contributed by atoms with van der Waals surface area (Å²) in [5.74, 6) is 0.921. The lowest BCUT2D eigenvalue weighted by Crippen LogP contribution is -2.48. The highest BCUT2D eigenvalue weighted by molar-refractivity contribution is 5.91. The van der Waals surface area contributed by atoms with E-state index in [1.54, 1.807) is 17.2 Å². The first-order chi connectivity index (χ1) is 22.8. The molecular formula is C36H50N6O5. The summed E-state index contributed by atoms with van der Waals surface area (Å²) in [6, 6.07) is 9.09. The van der Waals surface area contributed by atoms with E-state index in [4.69, 9.17) is 14.0 Å². The third kappa shape index (κ3) is 7.89. The minimum atomic E-state index is -0.556. The predicted octanol–water partition coefficient (Wildman–Crippen LogP) is 5.19. The molecule has 47 heavy (non-hydrogen) atoms. The first-order valence-corrected chi connectivity index (χ1v) is 17.4. The molecule has 3 atom stereocenters. The van der Waals surface area contributed by atoms with Crippen LogP contribution in [-0.4, -0.2) is 87.4 Å². The highest BCUT2D eigenvalue weighted by Crippen LogP contribution is 2.33. The normalized spacial score (nSPS) is 20.7. The van der Waals surface area contributed by atoms with E-state index in [-0.39, 0.29) is 23.8 Å². The Kier molecular flexibility index (Phi) is 10.6. The predicted molar refractivity (Wildman–Crippen MR) is 177 cm³/mol. The second-order valence-corrected chi connectivity index (χ2v) is 13.7. The molecule has 11 heteroatoms. The van der Waals surface area contributed by atoms with Crippen LogP contribution in [0.4, 0.5) is 0 Å². The van der Waals surface area contributed by atoms with Gasteiger partial charge in [0, 0.05) is 50.3 Å². The van der Waals surface area contributed by atoms with Crippen molar-refractivity contribution in [3.05, 3.63) is 59.9 Å². The molecule has 254 valence electrons. The number of piperidine rings is 1. The molecular weight excluding hydrogens is 596 g/mol. The maximum absolute atomic E-state index is 14.0. The number of benzene rings is 1. The molecule has 3 unspecified atom stereocenters. The Balaban J connectivity index is 1.00. The van der Waals surface area contributed by atoms with Gasteiger partial charge in [0.05, 0.1) is 18.2 Å². The van der Waals surface area contributed by atoms with E-state index in [1.807, 2.05) is 62.7 Å². The van der Waals surface area contributed by atoms with Gasteiger partial charge in [-0.2, -0.15) is 0 Å². The Morgan fingerprint density at radius 2 is 1.74 bits per heavy atom. The SMILES string of the molecule is Cc1nccn1-c1ccc(C(C)NC(=O)C2CCCN2C(=O)C(c2cc(OCCN3CCC(OC4CCC4)CC3)no2)C(C)C)cc1. The second kappa shape index (κ2) is 15.0. The number of carbonyl (C=O) groups excluding carboxylic acids is 2. The van der Waals surface area contributed by atoms with Crippen molar-refractivity contribution < 1.29 is 23.6 Å². The van der Waals surface area contributed by atoms with E-state index >= 15 is 0 Å². The first kappa shape index (κ1) is 33.2. The number of imidazole rings is 1. The number of aryl methyl sites for hydroxylation is 1. The van der Waals surface area contributed by atoms with Gasteiger partial charge in [-0.1, -0.05) is 26.0 Å². The highest BCUT2D eigenvalue weighted by atomic mass is 16.5. The van der Waals surface area contributed by atoms with Gasteiger partial charge in [0.2, 0.25) is 11.8 Å². The average Bonchev–Trinajstić information content (AvgIpc) is 3.81. The third-order valence-electron chi connectivity index (χ3n) is 10.1. The Morgan fingerprint density at radius 1 is 1.00 bits per heavy atom. The van der Waals surface area contributed by atoms with E-state index in [0.717, 1.165) is 56.0 Å². The zero-order valence-corrected chi connectivity index (χ0v) is 28.3. The summed E-state index contributed by atoms with van der Waals surface area (Å²) in [5, 5.41) is 7.28. The minimum Gasteiger partial charge on any atom is -0.474 e. The first-order valence-electron chi connectivity index (χ1n) is 17.4. The van der Waals surface area contributed by atoms with Gasteiger partial charge in [-0.25, -0.2) is 4.98 Å². The fourth-order valence-corrected chi connectivity index (χ4v) is 7.00. The van der Waals surface area contributed by atoms with Crippen molar-refractivity contribution in [3.63, 3.8) is 0 Å². The molecule has 4 heterocycles. The largest absolute Gasteiger partial charge is 0.474 e. The third-order valence-corrected chi connectivity index (χ3v) is 10.1. The lowest BCUT2D eigenvalue weighted by molar-refractivity contribution is -0.141. The number of hydrogen-bond acceptors (Lipinski definition) is 8. The van der Waals surface area contributed by atoms with E-state index < -0.39 is 12.0 Å². The summed E-state index contributed by atoms with van der Waals surface area (Å²) in [6.07, 6.45) is 11.9. The van der Waals surface area contributed by atoms with E-state index in [2.05, 4.69) is 20.4 Å². The van der Waals surface area contributed by atoms with Crippen LogP contribution in [0, 0.1) is 12.8 Å². The maximum atomic E-state index is 14.0. The van der Waals surface area contributed by atoms with Gasteiger partial charge in [-0.15, -0.1) is 0 Å². The molecule has 0 bridgehead atoms. The van der Waals surface area contributed by atoms with Crippen molar-refractivity contribution in [1.29, 1.82) is 0 Å². The van der Waals surface area contributed by atoms with Crippen LogP contribution in [0.15, 0.2) is 47.2 Å². The summed E-state index contributed by atoms with van der Waals surface area (Å²) in [7, 11) is 0. The van der Waals surface area contributed by atoms with E-state index in [0.29, 0.717) is 43.4 Å². The van der Waals surface area contributed by atoms with E-state index in [1.165, 1.54) is 19.3 Å². The molecule has 1 N–H and O–H groups in total. The van der Waals surface area contributed by atoms with Crippen molar-refractivity contribution in [2.45, 2.75) is 103 Å². The number of ether oxygens (including phenoxy) is 2. The van der Waals surface area contributed by atoms with Gasteiger partial charge in [0.25, 0.3) is 5.88 Å².